The summed E-state index contributed by atoms with van der Waals surface area (Å²) >= 11 is 0. The highest BCUT2D eigenvalue weighted by Gasteiger charge is 2.34. The number of aromatic amines is 1. The molecule has 1 aliphatic rings. The molecule has 20 heavy (non-hydrogen) atoms. The summed E-state index contributed by atoms with van der Waals surface area (Å²) in [6, 6.07) is 0. The van der Waals surface area contributed by atoms with Crippen LogP contribution in [-0.4, -0.2) is 33.1 Å². The Bertz CT molecular complexity index is 574. The molecule has 1 saturated carbocycles. The van der Waals surface area contributed by atoms with Crippen molar-refractivity contribution in [2.45, 2.75) is 51.6 Å². The maximum atomic E-state index is 12.1. The van der Waals surface area contributed by atoms with E-state index in [1.165, 1.54) is 0 Å². The van der Waals surface area contributed by atoms with Crippen molar-refractivity contribution < 1.29 is 9.90 Å². The summed E-state index contributed by atoms with van der Waals surface area (Å²) < 4.78 is 0. The van der Waals surface area contributed by atoms with Gasteiger partial charge in [-0.25, -0.2) is 4.98 Å². The van der Waals surface area contributed by atoms with E-state index in [2.05, 4.69) is 15.3 Å². The van der Waals surface area contributed by atoms with Crippen molar-refractivity contribution in [1.29, 1.82) is 0 Å². The summed E-state index contributed by atoms with van der Waals surface area (Å²) in [4.78, 5) is 31.0. The Kier molecular flexibility index (Phi) is 3.94. The highest BCUT2D eigenvalue weighted by molar-refractivity contribution is 5.94. The second-order valence-corrected chi connectivity index (χ2v) is 5.83. The molecule has 0 aromatic carbocycles. The zero-order chi connectivity index (χ0) is 14.9. The molecule has 6 heteroatoms. The van der Waals surface area contributed by atoms with Crippen molar-refractivity contribution in [1.82, 2.24) is 15.3 Å². The van der Waals surface area contributed by atoms with Gasteiger partial charge in [-0.15, -0.1) is 0 Å². The van der Waals surface area contributed by atoms with E-state index >= 15 is 0 Å². The number of aryl methyl sites for hydroxylation is 1. The van der Waals surface area contributed by atoms with Gasteiger partial charge in [0.25, 0.3) is 11.5 Å². The SMILES string of the molecule is Cc1nc(C(C)C)[nH]c(=O)c1C(=O)NCC1(O)CCC1. The van der Waals surface area contributed by atoms with Gasteiger partial charge < -0.3 is 15.4 Å². The molecule has 6 nitrogen and oxygen atoms in total. The van der Waals surface area contributed by atoms with E-state index in [-0.39, 0.29) is 18.0 Å². The van der Waals surface area contributed by atoms with Crippen molar-refractivity contribution in [2.75, 3.05) is 6.54 Å². The van der Waals surface area contributed by atoms with Crippen LogP contribution < -0.4 is 10.9 Å². The minimum Gasteiger partial charge on any atom is -0.388 e. The number of hydrogen-bond donors (Lipinski definition) is 3. The third-order valence-electron chi connectivity index (χ3n) is 3.75. The van der Waals surface area contributed by atoms with Gasteiger partial charge in [0.05, 0.1) is 11.3 Å². The number of hydrogen-bond acceptors (Lipinski definition) is 4. The Morgan fingerprint density at radius 3 is 2.60 bits per heavy atom. The molecule has 1 aliphatic carbocycles. The quantitative estimate of drug-likeness (QED) is 0.761. The number of carbonyl (C=O) groups is 1. The molecule has 0 spiro atoms. The average molecular weight is 279 g/mol. The van der Waals surface area contributed by atoms with E-state index in [4.69, 9.17) is 0 Å². The molecule has 0 aliphatic heterocycles. The number of nitrogens with one attached hydrogen (secondary N) is 2. The zero-order valence-electron chi connectivity index (χ0n) is 12.1. The van der Waals surface area contributed by atoms with Crippen molar-refractivity contribution in [3.63, 3.8) is 0 Å². The molecule has 0 unspecified atom stereocenters. The predicted octanol–water partition coefficient (Wildman–Crippen LogP) is 0.847. The minimum atomic E-state index is -0.804. The van der Waals surface area contributed by atoms with Crippen LogP contribution in [0.1, 0.15) is 60.9 Å². The minimum absolute atomic E-state index is 0.0253. The number of H-pyrrole nitrogens is 1. The van der Waals surface area contributed by atoms with Gasteiger partial charge in [0.2, 0.25) is 0 Å². The Morgan fingerprint density at radius 1 is 1.50 bits per heavy atom. The zero-order valence-corrected chi connectivity index (χ0v) is 12.1. The number of rotatable bonds is 4. The van der Waals surface area contributed by atoms with Crippen LogP contribution in [0.3, 0.4) is 0 Å². The van der Waals surface area contributed by atoms with Gasteiger partial charge in [0.15, 0.2) is 0 Å². The molecule has 1 aromatic rings. The third kappa shape index (κ3) is 2.90. The number of nitrogens with zero attached hydrogens (tertiary/aromatic N) is 1. The fourth-order valence-corrected chi connectivity index (χ4v) is 2.24. The van der Waals surface area contributed by atoms with Gasteiger partial charge >= 0.3 is 0 Å². The van der Waals surface area contributed by atoms with E-state index in [9.17, 15) is 14.7 Å². The van der Waals surface area contributed by atoms with Crippen LogP contribution in [0.4, 0.5) is 0 Å². The number of aliphatic hydroxyl groups is 1. The molecule has 0 bridgehead atoms. The monoisotopic (exact) mass is 279 g/mol. The standard InChI is InChI=1S/C14H21N3O3/c1-8(2)11-16-9(3)10(13(19)17-11)12(18)15-7-14(20)5-4-6-14/h8,20H,4-7H2,1-3H3,(H,15,18)(H,16,17,19). The van der Waals surface area contributed by atoms with Crippen LogP contribution in [0.2, 0.25) is 0 Å². The average Bonchev–Trinajstić information content (AvgIpc) is 2.33. The smallest absolute Gasteiger partial charge is 0.264 e. The Hall–Kier alpha value is -1.69. The Morgan fingerprint density at radius 2 is 2.15 bits per heavy atom. The lowest BCUT2D eigenvalue weighted by atomic mass is 9.80. The van der Waals surface area contributed by atoms with Gasteiger partial charge in [-0.2, -0.15) is 0 Å². The molecule has 1 heterocycles. The van der Waals surface area contributed by atoms with Gasteiger partial charge in [0.1, 0.15) is 11.4 Å². The lowest BCUT2D eigenvalue weighted by Gasteiger charge is -2.36. The molecular weight excluding hydrogens is 258 g/mol. The molecule has 110 valence electrons. The van der Waals surface area contributed by atoms with E-state index in [1.54, 1.807) is 6.92 Å². The lowest BCUT2D eigenvalue weighted by molar-refractivity contribution is -0.0300. The lowest BCUT2D eigenvalue weighted by Crippen LogP contribution is -2.48. The highest BCUT2D eigenvalue weighted by Crippen LogP contribution is 2.30. The van der Waals surface area contributed by atoms with E-state index in [0.717, 1.165) is 6.42 Å². The molecule has 3 N–H and O–H groups in total. The summed E-state index contributed by atoms with van der Waals surface area (Å²) in [6.07, 6.45) is 2.34. The van der Waals surface area contributed by atoms with Crippen molar-refractivity contribution in [3.05, 3.63) is 27.4 Å². The molecule has 1 amide bonds. The maximum absolute atomic E-state index is 12.1. The van der Waals surface area contributed by atoms with Crippen LogP contribution in [0.5, 0.6) is 0 Å². The molecule has 1 fully saturated rings. The van der Waals surface area contributed by atoms with E-state index in [1.807, 2.05) is 13.8 Å². The van der Waals surface area contributed by atoms with Crippen LogP contribution in [0.15, 0.2) is 4.79 Å². The summed E-state index contributed by atoms with van der Waals surface area (Å²) in [5.41, 5.74) is -0.797. The predicted molar refractivity (Wildman–Crippen MR) is 74.8 cm³/mol. The fraction of sp³-hybridized carbons (Fsp3) is 0.643. The summed E-state index contributed by atoms with van der Waals surface area (Å²) in [5, 5.41) is 12.6. The first-order valence-electron chi connectivity index (χ1n) is 6.94. The van der Waals surface area contributed by atoms with Gasteiger partial charge in [-0.05, 0) is 26.2 Å². The Labute approximate surface area is 117 Å². The second kappa shape index (κ2) is 5.36. The van der Waals surface area contributed by atoms with Crippen LogP contribution in [0, 0.1) is 6.92 Å². The van der Waals surface area contributed by atoms with Crippen molar-refractivity contribution in [2.24, 2.45) is 0 Å². The second-order valence-electron chi connectivity index (χ2n) is 5.83. The first-order valence-corrected chi connectivity index (χ1v) is 6.94. The third-order valence-corrected chi connectivity index (χ3v) is 3.75. The highest BCUT2D eigenvalue weighted by atomic mass is 16.3. The largest absolute Gasteiger partial charge is 0.388 e. The van der Waals surface area contributed by atoms with E-state index in [0.29, 0.717) is 24.4 Å². The fourth-order valence-electron chi connectivity index (χ4n) is 2.24. The molecule has 0 saturated heterocycles. The molecule has 2 rings (SSSR count). The van der Waals surface area contributed by atoms with E-state index < -0.39 is 17.1 Å². The van der Waals surface area contributed by atoms with Gasteiger partial charge in [-0.1, -0.05) is 13.8 Å². The molecular formula is C14H21N3O3. The number of carbonyl (C=O) groups excluding carboxylic acids is 1. The van der Waals surface area contributed by atoms with Crippen LogP contribution in [-0.2, 0) is 0 Å². The van der Waals surface area contributed by atoms with Gasteiger partial charge in [-0.3, -0.25) is 9.59 Å². The molecule has 0 atom stereocenters. The molecule has 1 aromatic heterocycles. The number of amides is 1. The van der Waals surface area contributed by atoms with Crippen LogP contribution in [0.25, 0.3) is 0 Å². The first-order chi connectivity index (χ1) is 9.32. The van der Waals surface area contributed by atoms with Gasteiger partial charge in [0, 0.05) is 12.5 Å². The first kappa shape index (κ1) is 14.7. The normalized spacial score (nSPS) is 16.9. The Balaban J connectivity index is 2.15. The topological polar surface area (TPSA) is 95.1 Å². The summed E-state index contributed by atoms with van der Waals surface area (Å²) in [6.45, 7) is 5.66. The summed E-state index contributed by atoms with van der Waals surface area (Å²) in [7, 11) is 0. The maximum Gasteiger partial charge on any atom is 0.264 e. The molecule has 0 radical (unpaired) electrons. The van der Waals surface area contributed by atoms with Crippen LogP contribution >= 0.6 is 0 Å². The van der Waals surface area contributed by atoms with Crippen molar-refractivity contribution in [3.8, 4) is 0 Å². The van der Waals surface area contributed by atoms with Crippen molar-refractivity contribution >= 4 is 5.91 Å². The summed E-state index contributed by atoms with van der Waals surface area (Å²) in [5.74, 6) is 0.183. The number of aromatic nitrogens is 2.